The second-order valence-corrected chi connectivity index (χ2v) is 3.17. The summed E-state index contributed by atoms with van der Waals surface area (Å²) >= 11 is 0.868. The molecule has 0 bridgehead atoms. The van der Waals surface area contributed by atoms with Crippen molar-refractivity contribution < 1.29 is 51.8 Å². The van der Waals surface area contributed by atoms with Gasteiger partial charge in [-0.2, -0.15) is 0 Å². The normalized spacial score (nSPS) is 10.8. The summed E-state index contributed by atoms with van der Waals surface area (Å²) in [7, 11) is -18.0. The van der Waals surface area contributed by atoms with Gasteiger partial charge in [0.25, 0.3) is 0 Å². The Hall–Kier alpha value is 0.731. The zero-order valence-corrected chi connectivity index (χ0v) is 11.7. The smallest absolute Gasteiger partial charge is 0.418 e. The Labute approximate surface area is 128 Å². The van der Waals surface area contributed by atoms with Crippen molar-refractivity contribution in [1.29, 1.82) is 0 Å². The Bertz CT molecular complexity index is 133. The molecule has 0 atom stereocenters. The van der Waals surface area contributed by atoms with Gasteiger partial charge in [-0.3, -0.25) is 0 Å². The summed E-state index contributed by atoms with van der Waals surface area (Å²) in [5.41, 5.74) is 0. The van der Waals surface area contributed by atoms with Crippen LogP contribution in [0.15, 0.2) is 6.75 Å². The topological polar surface area (TPSA) is 0 Å². The SMILES string of the molecule is C=[CH][K].F[B-](F)(F)F.F[B-](F)(F)F.F[B-](F)(F)F. The standard InChI is InChI=1S/C2H3.3BF4.K/c1-2;3*2-1(3,4)5;/h1H,2H2;;;;/q;3*-1;. The number of rotatable bonds is 0. The van der Waals surface area contributed by atoms with Gasteiger partial charge in [0.1, 0.15) is 0 Å². The molecule has 0 unspecified atom stereocenters. The summed E-state index contributed by atoms with van der Waals surface area (Å²) in [6.45, 7) is 3.44. The summed E-state index contributed by atoms with van der Waals surface area (Å²) in [5.74, 6) is 0. The third kappa shape index (κ3) is 7740. The molecule has 0 aliphatic rings. The van der Waals surface area contributed by atoms with E-state index in [1.807, 2.05) is 0.171 Å². The fourth-order valence-electron chi connectivity index (χ4n) is 0. The molecule has 108 valence electrons. The van der Waals surface area contributed by atoms with Gasteiger partial charge in [-0.05, 0) is 0 Å². The van der Waals surface area contributed by atoms with Crippen LogP contribution in [0, 0.1) is 0 Å². The minimum Gasteiger partial charge on any atom is -0.418 e. The van der Waals surface area contributed by atoms with Gasteiger partial charge >= 0.3 is 77.5 Å². The predicted molar refractivity (Wildman–Crippen MR) is 46.5 cm³/mol. The Morgan fingerprint density at radius 2 is 0.556 bits per heavy atom. The molecule has 16 heteroatoms. The van der Waals surface area contributed by atoms with E-state index in [9.17, 15) is 51.8 Å². The molecule has 0 nitrogen and oxygen atoms in total. The molecular weight excluding hydrogens is 324 g/mol. The summed E-state index contributed by atoms with van der Waals surface area (Å²) < 4.78 is 119. The van der Waals surface area contributed by atoms with Crippen molar-refractivity contribution in [2.45, 2.75) is 0 Å². The van der Waals surface area contributed by atoms with Crippen molar-refractivity contribution in [3.8, 4) is 0 Å². The van der Waals surface area contributed by atoms with Crippen LogP contribution in [-0.4, -0.2) is 70.7 Å². The van der Waals surface area contributed by atoms with Crippen LogP contribution in [0.1, 0.15) is 0 Å². The summed E-state index contributed by atoms with van der Waals surface area (Å²) in [4.78, 5) is 0. The van der Waals surface area contributed by atoms with Crippen LogP contribution in [0.25, 0.3) is 0 Å². The van der Waals surface area contributed by atoms with Crippen molar-refractivity contribution in [3.05, 3.63) is 6.75 Å². The minimum atomic E-state index is -6.00. The first kappa shape index (κ1) is 27.1. The molecule has 0 aliphatic carbocycles. The van der Waals surface area contributed by atoms with E-state index in [1.54, 1.807) is 0 Å². The van der Waals surface area contributed by atoms with Crippen LogP contribution in [-0.2, 0) is 0 Å². The van der Waals surface area contributed by atoms with Crippen molar-refractivity contribution >= 4 is 70.7 Å². The van der Waals surface area contributed by atoms with Crippen LogP contribution in [0.5, 0.6) is 0 Å². The first-order valence-corrected chi connectivity index (χ1v) is 5.41. The summed E-state index contributed by atoms with van der Waals surface area (Å²) in [5, 5.41) is 0. The van der Waals surface area contributed by atoms with Crippen LogP contribution in [0.3, 0.4) is 0 Å². The Morgan fingerprint density at radius 1 is 0.556 bits per heavy atom. The molecule has 0 heterocycles. The van der Waals surface area contributed by atoms with E-state index in [4.69, 9.17) is 0 Å². The second-order valence-electron chi connectivity index (χ2n) is 1.89. The molecule has 0 N–H and O–H groups in total. The van der Waals surface area contributed by atoms with Gasteiger partial charge in [0, 0.05) is 0 Å². The van der Waals surface area contributed by atoms with E-state index in [0.717, 1.165) is 49.0 Å². The first-order valence-electron chi connectivity index (χ1n) is 3.60. The largest absolute Gasteiger partial charge is 0.673 e. The fourth-order valence-corrected chi connectivity index (χ4v) is 0. The monoisotopic (exact) mass is 327 g/mol. The first-order chi connectivity index (χ1) is 7.41. The molecule has 0 saturated carbocycles. The van der Waals surface area contributed by atoms with Crippen LogP contribution in [0.4, 0.5) is 51.8 Å². The molecule has 0 spiro atoms. The van der Waals surface area contributed by atoms with Crippen molar-refractivity contribution in [2.75, 3.05) is 0 Å². The zero-order valence-electron chi connectivity index (χ0n) is 8.55. The van der Waals surface area contributed by atoms with E-state index in [1.165, 1.54) is 0 Å². The molecule has 0 aliphatic heterocycles. The molecule has 0 aromatic carbocycles. The zero-order chi connectivity index (χ0) is 16.2. The van der Waals surface area contributed by atoms with Crippen molar-refractivity contribution in [2.24, 2.45) is 0 Å². The van der Waals surface area contributed by atoms with Gasteiger partial charge in [0.05, 0.1) is 0 Å². The third-order valence-corrected chi connectivity index (χ3v) is 0. The number of hydrogen-bond acceptors (Lipinski definition) is 0. The van der Waals surface area contributed by atoms with E-state index >= 15 is 0 Å². The Morgan fingerprint density at radius 3 is 0.556 bits per heavy atom. The average molecular weight is 327 g/mol. The maximum atomic E-state index is 9.75. The van der Waals surface area contributed by atoms with Crippen LogP contribution in [0.2, 0.25) is 0 Å². The van der Waals surface area contributed by atoms with Crippen molar-refractivity contribution in [1.82, 2.24) is 0 Å². The summed E-state index contributed by atoms with van der Waals surface area (Å²) in [6.07, 6.45) is 0. The average Bonchev–Trinajstić information content (AvgIpc) is 1.71. The van der Waals surface area contributed by atoms with E-state index < -0.39 is 21.8 Å². The van der Waals surface area contributed by atoms with Gasteiger partial charge in [-0.15, -0.1) is 0 Å². The molecular formula is C2H3B3F12K-3. The predicted octanol–water partition coefficient (Wildman–Crippen LogP) is 4.20. The molecule has 0 fully saturated rings. The van der Waals surface area contributed by atoms with E-state index in [0.29, 0.717) is 0 Å². The fraction of sp³-hybridized carbons (Fsp3) is 0. The maximum absolute atomic E-state index is 9.75. The molecule has 0 radical (unpaired) electrons. The molecule has 0 saturated heterocycles. The van der Waals surface area contributed by atoms with Gasteiger partial charge in [0.15, 0.2) is 0 Å². The molecule has 0 amide bonds. The number of hydrogen-bond donors (Lipinski definition) is 0. The number of halogens is 12. The second kappa shape index (κ2) is 12.7. The van der Waals surface area contributed by atoms with E-state index in [-0.39, 0.29) is 0 Å². The van der Waals surface area contributed by atoms with E-state index in [2.05, 4.69) is 6.58 Å². The Kier molecular flexibility index (Phi) is 19.2. The van der Waals surface area contributed by atoms with Gasteiger partial charge < -0.3 is 51.8 Å². The van der Waals surface area contributed by atoms with Gasteiger partial charge in [0.2, 0.25) is 0 Å². The van der Waals surface area contributed by atoms with Crippen molar-refractivity contribution in [3.63, 3.8) is 0 Å². The van der Waals surface area contributed by atoms with Crippen LogP contribution < -0.4 is 0 Å². The van der Waals surface area contributed by atoms with Gasteiger partial charge in [-0.25, -0.2) is 0 Å². The molecule has 0 aromatic heterocycles. The van der Waals surface area contributed by atoms with Gasteiger partial charge in [-0.1, -0.05) is 0 Å². The summed E-state index contributed by atoms with van der Waals surface area (Å²) in [6, 6.07) is 0. The minimum absolute atomic E-state index is 0.868. The Balaban J connectivity index is -0.0000000739. The molecule has 0 aromatic rings. The molecule has 0 rings (SSSR count). The third-order valence-electron chi connectivity index (χ3n) is 0. The quantitative estimate of drug-likeness (QED) is 0.462. The molecule has 18 heavy (non-hydrogen) atoms. The maximum Gasteiger partial charge on any atom is 0.673 e. The van der Waals surface area contributed by atoms with Crippen LogP contribution >= 0.6 is 0 Å².